The van der Waals surface area contributed by atoms with Gasteiger partial charge in [-0.25, -0.2) is 9.97 Å². The average molecular weight is 1020 g/mol. The van der Waals surface area contributed by atoms with Crippen LogP contribution in [0.15, 0.2) is 152 Å². The molecule has 396 valence electrons. The van der Waals surface area contributed by atoms with Gasteiger partial charge in [0.25, 0.3) is 0 Å². The minimum Gasteiger partial charge on any atom is -0.457 e. The van der Waals surface area contributed by atoms with Crippen LogP contribution in [-0.4, -0.2) is 21.2 Å². The molecule has 0 fully saturated rings. The van der Waals surface area contributed by atoms with Gasteiger partial charge in [-0.3, -0.25) is 4.57 Å². The van der Waals surface area contributed by atoms with Crippen LogP contribution in [0, 0.1) is 0 Å². The molecule has 6 aromatic carbocycles. The fourth-order valence-corrected chi connectivity index (χ4v) is 10.7. The number of pyridine rings is 2. The Morgan fingerprint density at radius 3 is 1.47 bits per heavy atom. The van der Waals surface area contributed by atoms with Crippen molar-refractivity contribution >= 4 is 44.7 Å². The maximum Gasteiger partial charge on any atom is 0.158 e. The van der Waals surface area contributed by atoms with Gasteiger partial charge >= 0.3 is 0 Å². The Kier molecular flexibility index (Phi) is 13.0. The molecule has 0 spiro atoms. The largest absolute Gasteiger partial charge is 0.457 e. The summed E-state index contributed by atoms with van der Waals surface area (Å²) < 4.78 is 9.19. The standard InChI is InChI=1S/C71H81N5O/c1-66(2,3)47-30-32-72-63(41-47)76-60-26-20-19-25-56(60)57-29-28-55(43-62(57)76)77-54-24-21-23-53(42-54)74-44-75(65-61(74)27-22-31-73-65)64-58(45-33-48(67(4,5)6)37-49(34-45)68(7,8)9)39-52(71(16,17)18)40-59(64)46-35-50(69(10,11)12)38-51(36-46)70(13,14)15/h19-43H,44H2,1-18H3. The first-order valence-electron chi connectivity index (χ1n) is 27.7. The second kappa shape index (κ2) is 18.8. The van der Waals surface area contributed by atoms with Gasteiger partial charge in [-0.2, -0.15) is 0 Å². The van der Waals surface area contributed by atoms with Gasteiger partial charge in [0.1, 0.15) is 24.0 Å². The van der Waals surface area contributed by atoms with Gasteiger partial charge in [-0.05, 0) is 144 Å². The number of para-hydroxylation sites is 1. The van der Waals surface area contributed by atoms with Gasteiger partial charge in [0.05, 0.1) is 22.4 Å². The second-order valence-corrected chi connectivity index (χ2v) is 27.9. The highest BCUT2D eigenvalue weighted by molar-refractivity contribution is 6.09. The van der Waals surface area contributed by atoms with E-state index in [0.717, 1.165) is 56.6 Å². The summed E-state index contributed by atoms with van der Waals surface area (Å²) in [6.07, 6.45) is 3.87. The zero-order valence-electron chi connectivity index (χ0n) is 49.3. The van der Waals surface area contributed by atoms with Crippen LogP contribution in [0.5, 0.6) is 11.5 Å². The molecule has 0 saturated heterocycles. The van der Waals surface area contributed by atoms with E-state index in [0.29, 0.717) is 6.67 Å². The maximum atomic E-state index is 6.91. The molecule has 1 aliphatic rings. The lowest BCUT2D eigenvalue weighted by Gasteiger charge is -2.32. The van der Waals surface area contributed by atoms with Gasteiger partial charge in [0.15, 0.2) is 5.82 Å². The number of hydrogen-bond acceptors (Lipinski definition) is 5. The molecule has 10 rings (SSSR count). The molecule has 4 heterocycles. The van der Waals surface area contributed by atoms with Crippen molar-refractivity contribution < 1.29 is 4.74 Å². The Balaban J connectivity index is 1.14. The zero-order valence-corrected chi connectivity index (χ0v) is 49.3. The third kappa shape index (κ3) is 10.4. The van der Waals surface area contributed by atoms with E-state index in [1.807, 2.05) is 12.4 Å². The SMILES string of the molecule is CC(C)(C)c1cc(-c2cc(C(C)(C)C)cc(-c3cc(C(C)(C)C)cc(C(C)(C)C)c3)c2N2CN(c3cccc(Oc4ccc5c6ccccc6n(-c6cc(C(C)(C)C)ccn6)c5c4)c3)c3cccnc32)cc(C(C)(C)C)c1. The van der Waals surface area contributed by atoms with E-state index in [4.69, 9.17) is 14.7 Å². The van der Waals surface area contributed by atoms with E-state index in [1.165, 1.54) is 61.0 Å². The van der Waals surface area contributed by atoms with Crippen LogP contribution in [0.1, 0.15) is 158 Å². The molecule has 1 aliphatic heterocycles. The Labute approximate surface area is 460 Å². The number of anilines is 4. The normalized spacial score (nSPS) is 13.7. The minimum absolute atomic E-state index is 0.0252. The van der Waals surface area contributed by atoms with Gasteiger partial charge in [-0.15, -0.1) is 0 Å². The maximum absolute atomic E-state index is 6.91. The molecule has 9 aromatic rings. The number of nitrogens with zero attached hydrogens (tertiary/aromatic N) is 5. The number of hydrogen-bond donors (Lipinski definition) is 0. The Morgan fingerprint density at radius 2 is 0.909 bits per heavy atom. The van der Waals surface area contributed by atoms with E-state index >= 15 is 0 Å². The van der Waals surface area contributed by atoms with Crippen molar-refractivity contribution in [3.05, 3.63) is 185 Å². The molecule has 0 N–H and O–H groups in total. The van der Waals surface area contributed by atoms with Gasteiger partial charge in [-0.1, -0.05) is 185 Å². The number of fused-ring (bicyclic) bond motifs is 4. The number of aromatic nitrogens is 3. The lowest BCUT2D eigenvalue weighted by Crippen LogP contribution is -2.26. The van der Waals surface area contributed by atoms with Crippen LogP contribution in [0.4, 0.5) is 22.9 Å². The van der Waals surface area contributed by atoms with Crippen molar-refractivity contribution in [1.82, 2.24) is 14.5 Å². The summed E-state index contributed by atoms with van der Waals surface area (Å²) in [5.74, 6) is 3.31. The number of benzene rings is 6. The van der Waals surface area contributed by atoms with Gasteiger partial charge in [0.2, 0.25) is 0 Å². The first-order valence-corrected chi connectivity index (χ1v) is 27.7. The Morgan fingerprint density at radius 1 is 0.390 bits per heavy atom. The predicted molar refractivity (Wildman–Crippen MR) is 328 cm³/mol. The topological polar surface area (TPSA) is 46.4 Å². The highest BCUT2D eigenvalue weighted by atomic mass is 16.5. The lowest BCUT2D eigenvalue weighted by atomic mass is 9.76. The third-order valence-electron chi connectivity index (χ3n) is 15.6. The van der Waals surface area contributed by atoms with Crippen molar-refractivity contribution in [3.63, 3.8) is 0 Å². The highest BCUT2D eigenvalue weighted by Crippen LogP contribution is 2.52. The average Bonchev–Trinajstić information content (AvgIpc) is 4.12. The summed E-state index contributed by atoms with van der Waals surface area (Å²) in [5.41, 5.74) is 17.5. The predicted octanol–water partition coefficient (Wildman–Crippen LogP) is 19.7. The van der Waals surface area contributed by atoms with E-state index in [-0.39, 0.29) is 32.5 Å². The molecular formula is C71H81N5O. The van der Waals surface area contributed by atoms with Crippen LogP contribution in [0.3, 0.4) is 0 Å². The fourth-order valence-electron chi connectivity index (χ4n) is 10.7. The van der Waals surface area contributed by atoms with Crippen molar-refractivity contribution in [2.45, 2.75) is 157 Å². The monoisotopic (exact) mass is 1020 g/mol. The van der Waals surface area contributed by atoms with E-state index in [2.05, 4.69) is 279 Å². The van der Waals surface area contributed by atoms with E-state index in [9.17, 15) is 0 Å². The minimum atomic E-state index is -0.145. The van der Waals surface area contributed by atoms with Crippen LogP contribution in [-0.2, 0) is 32.5 Å². The second-order valence-electron chi connectivity index (χ2n) is 27.9. The van der Waals surface area contributed by atoms with E-state index in [1.54, 1.807) is 0 Å². The van der Waals surface area contributed by atoms with Crippen molar-refractivity contribution in [3.8, 4) is 39.6 Å². The molecule has 0 radical (unpaired) electrons. The van der Waals surface area contributed by atoms with Gasteiger partial charge < -0.3 is 14.5 Å². The molecular weight excluding hydrogens is 939 g/mol. The lowest BCUT2D eigenvalue weighted by molar-refractivity contribution is 0.483. The van der Waals surface area contributed by atoms with Crippen LogP contribution >= 0.6 is 0 Å². The van der Waals surface area contributed by atoms with Crippen LogP contribution in [0.2, 0.25) is 0 Å². The van der Waals surface area contributed by atoms with Crippen molar-refractivity contribution in [2.75, 3.05) is 16.5 Å². The first-order chi connectivity index (χ1) is 35.9. The van der Waals surface area contributed by atoms with Crippen LogP contribution in [0.25, 0.3) is 49.9 Å². The first kappa shape index (κ1) is 53.2. The highest BCUT2D eigenvalue weighted by Gasteiger charge is 2.35. The van der Waals surface area contributed by atoms with Crippen molar-refractivity contribution in [2.24, 2.45) is 0 Å². The molecule has 6 nitrogen and oxygen atoms in total. The summed E-state index contributed by atoms with van der Waals surface area (Å²) in [5, 5.41) is 2.33. The van der Waals surface area contributed by atoms with E-state index < -0.39 is 0 Å². The molecule has 0 aliphatic carbocycles. The smallest absolute Gasteiger partial charge is 0.158 e. The molecule has 0 unspecified atom stereocenters. The number of rotatable bonds is 7. The molecule has 6 heteroatoms. The summed E-state index contributed by atoms with van der Waals surface area (Å²) in [7, 11) is 0. The summed E-state index contributed by atoms with van der Waals surface area (Å²) >= 11 is 0. The quantitative estimate of drug-likeness (QED) is 0.159. The number of ether oxygens (including phenoxy) is 1. The summed E-state index contributed by atoms with van der Waals surface area (Å²) in [4.78, 5) is 15.1. The molecule has 3 aromatic heterocycles. The molecule has 0 atom stereocenters. The molecule has 0 bridgehead atoms. The Hall–Kier alpha value is -7.18. The van der Waals surface area contributed by atoms with Gasteiger partial charge in [0, 0.05) is 52.1 Å². The molecule has 0 amide bonds. The Bertz CT molecular complexity index is 3560. The third-order valence-corrected chi connectivity index (χ3v) is 15.6. The van der Waals surface area contributed by atoms with Crippen LogP contribution < -0.4 is 14.5 Å². The fraction of sp³-hybridized carbons (Fsp3) is 0.352. The summed E-state index contributed by atoms with van der Waals surface area (Å²) in [6, 6.07) is 51.8. The zero-order chi connectivity index (χ0) is 55.4. The molecule has 0 saturated carbocycles. The summed E-state index contributed by atoms with van der Waals surface area (Å²) in [6.45, 7) is 42.3. The van der Waals surface area contributed by atoms with Crippen molar-refractivity contribution in [1.29, 1.82) is 0 Å². The molecule has 77 heavy (non-hydrogen) atoms.